The first-order chi connectivity index (χ1) is 12.4. The number of likely N-dealkylation sites (tertiary alicyclic amines) is 1. The number of aryl methyl sites for hydroxylation is 3. The van der Waals surface area contributed by atoms with E-state index in [1.807, 2.05) is 18.0 Å². The number of nitrogens with zero attached hydrogens (tertiary/aromatic N) is 2. The van der Waals surface area contributed by atoms with Crippen LogP contribution in [-0.4, -0.2) is 59.5 Å². The molecule has 2 aromatic rings. The lowest BCUT2D eigenvalue weighted by Crippen LogP contribution is -2.36. The van der Waals surface area contributed by atoms with Crippen molar-refractivity contribution >= 4 is 22.9 Å². The summed E-state index contributed by atoms with van der Waals surface area (Å²) in [5.41, 5.74) is 4.34. The number of carbonyl (C=O) groups excluding carboxylic acids is 2. The molecule has 2 unspecified atom stereocenters. The Bertz CT molecular complexity index is 830. The lowest BCUT2D eigenvalue weighted by Gasteiger charge is -2.15. The summed E-state index contributed by atoms with van der Waals surface area (Å²) in [7, 11) is 3.26. The second kappa shape index (κ2) is 7.45. The average molecular weight is 358 g/mol. The highest BCUT2D eigenvalue weighted by Crippen LogP contribution is 2.20. The first-order valence-corrected chi connectivity index (χ1v) is 8.91. The molecule has 1 saturated heterocycles. The SMILES string of the molecule is COC(=O)C1CC(NC(=O)CCc2nc3c(C)c(C)ccc3[nH]2)CN1C. The van der Waals surface area contributed by atoms with Crippen LogP contribution in [0.4, 0.5) is 0 Å². The van der Waals surface area contributed by atoms with E-state index in [2.05, 4.69) is 35.2 Å². The molecule has 2 heterocycles. The fourth-order valence-electron chi connectivity index (χ4n) is 3.53. The summed E-state index contributed by atoms with van der Waals surface area (Å²) in [5.74, 6) is 0.541. The van der Waals surface area contributed by atoms with Crippen LogP contribution in [0.3, 0.4) is 0 Å². The summed E-state index contributed by atoms with van der Waals surface area (Å²) in [6, 6.07) is 3.78. The topological polar surface area (TPSA) is 87.3 Å². The average Bonchev–Trinajstić information content (AvgIpc) is 3.19. The van der Waals surface area contributed by atoms with Gasteiger partial charge >= 0.3 is 5.97 Å². The van der Waals surface area contributed by atoms with Gasteiger partial charge in [0.15, 0.2) is 0 Å². The van der Waals surface area contributed by atoms with E-state index in [9.17, 15) is 9.59 Å². The highest BCUT2D eigenvalue weighted by Gasteiger charge is 2.35. The minimum absolute atomic E-state index is 0.0257. The Balaban J connectivity index is 1.55. The number of H-pyrrole nitrogens is 1. The summed E-state index contributed by atoms with van der Waals surface area (Å²) in [5, 5.41) is 3.01. The number of rotatable bonds is 5. The van der Waals surface area contributed by atoms with Crippen LogP contribution in [0.15, 0.2) is 12.1 Å². The van der Waals surface area contributed by atoms with Gasteiger partial charge in [-0.15, -0.1) is 0 Å². The number of methoxy groups -OCH3 is 1. The molecule has 0 aliphatic carbocycles. The van der Waals surface area contributed by atoms with Gasteiger partial charge in [-0.3, -0.25) is 14.5 Å². The Hall–Kier alpha value is -2.41. The molecule has 7 nitrogen and oxygen atoms in total. The van der Waals surface area contributed by atoms with Crippen molar-refractivity contribution in [2.24, 2.45) is 0 Å². The summed E-state index contributed by atoms with van der Waals surface area (Å²) >= 11 is 0. The van der Waals surface area contributed by atoms with Gasteiger partial charge in [0, 0.05) is 25.4 Å². The zero-order valence-corrected chi connectivity index (χ0v) is 15.8. The van der Waals surface area contributed by atoms with Gasteiger partial charge in [0.1, 0.15) is 11.9 Å². The number of hydrogen-bond donors (Lipinski definition) is 2. The van der Waals surface area contributed by atoms with E-state index in [1.54, 1.807) is 0 Å². The molecule has 1 aromatic heterocycles. The van der Waals surface area contributed by atoms with Crippen molar-refractivity contribution in [1.29, 1.82) is 0 Å². The van der Waals surface area contributed by atoms with Crippen LogP contribution in [0, 0.1) is 13.8 Å². The fraction of sp³-hybridized carbons (Fsp3) is 0.526. The van der Waals surface area contributed by atoms with E-state index in [4.69, 9.17) is 4.74 Å². The number of benzene rings is 1. The molecule has 140 valence electrons. The van der Waals surface area contributed by atoms with Crippen molar-refractivity contribution in [1.82, 2.24) is 20.2 Å². The molecule has 2 atom stereocenters. The summed E-state index contributed by atoms with van der Waals surface area (Å²) in [6.45, 7) is 4.77. The normalized spacial score (nSPS) is 20.5. The Kier molecular flexibility index (Phi) is 5.27. The number of ether oxygens (including phenoxy) is 1. The molecule has 26 heavy (non-hydrogen) atoms. The molecule has 2 N–H and O–H groups in total. The number of aromatic nitrogens is 2. The predicted molar refractivity (Wildman–Crippen MR) is 98.9 cm³/mol. The number of carbonyl (C=O) groups is 2. The third kappa shape index (κ3) is 3.72. The minimum atomic E-state index is -0.285. The Morgan fingerprint density at radius 1 is 1.38 bits per heavy atom. The molecule has 0 radical (unpaired) electrons. The van der Waals surface area contributed by atoms with Gasteiger partial charge in [-0.25, -0.2) is 4.98 Å². The van der Waals surface area contributed by atoms with Crippen molar-refractivity contribution in [3.8, 4) is 0 Å². The van der Waals surface area contributed by atoms with Crippen LogP contribution in [-0.2, 0) is 20.7 Å². The maximum atomic E-state index is 12.3. The molecule has 3 rings (SSSR count). The minimum Gasteiger partial charge on any atom is -0.468 e. The van der Waals surface area contributed by atoms with Crippen LogP contribution < -0.4 is 5.32 Å². The molecule has 0 saturated carbocycles. The van der Waals surface area contributed by atoms with Crippen molar-refractivity contribution in [3.63, 3.8) is 0 Å². The van der Waals surface area contributed by atoms with Gasteiger partial charge in [-0.05, 0) is 44.5 Å². The van der Waals surface area contributed by atoms with Gasteiger partial charge < -0.3 is 15.0 Å². The number of amides is 1. The Morgan fingerprint density at radius 3 is 2.88 bits per heavy atom. The zero-order valence-electron chi connectivity index (χ0n) is 15.8. The van der Waals surface area contributed by atoms with E-state index in [-0.39, 0.29) is 24.0 Å². The number of hydrogen-bond acceptors (Lipinski definition) is 5. The first-order valence-electron chi connectivity index (χ1n) is 8.91. The smallest absolute Gasteiger partial charge is 0.323 e. The van der Waals surface area contributed by atoms with Crippen molar-refractivity contribution in [2.45, 2.75) is 45.2 Å². The van der Waals surface area contributed by atoms with Crippen molar-refractivity contribution in [2.75, 3.05) is 20.7 Å². The van der Waals surface area contributed by atoms with Crippen LogP contribution in [0.2, 0.25) is 0 Å². The maximum Gasteiger partial charge on any atom is 0.323 e. The molecule has 0 bridgehead atoms. The molecule has 1 aliphatic rings. The number of likely N-dealkylation sites (N-methyl/N-ethyl adjacent to an activating group) is 1. The van der Waals surface area contributed by atoms with Gasteiger partial charge in [0.05, 0.1) is 18.1 Å². The fourth-order valence-corrected chi connectivity index (χ4v) is 3.53. The van der Waals surface area contributed by atoms with Crippen LogP contribution >= 0.6 is 0 Å². The third-order valence-corrected chi connectivity index (χ3v) is 5.20. The first kappa shape index (κ1) is 18.4. The molecule has 1 fully saturated rings. The van der Waals surface area contributed by atoms with E-state index in [0.29, 0.717) is 25.8 Å². The quantitative estimate of drug-likeness (QED) is 0.791. The molecular weight excluding hydrogens is 332 g/mol. The van der Waals surface area contributed by atoms with Crippen molar-refractivity contribution in [3.05, 3.63) is 29.1 Å². The van der Waals surface area contributed by atoms with E-state index >= 15 is 0 Å². The van der Waals surface area contributed by atoms with E-state index in [1.165, 1.54) is 12.7 Å². The highest BCUT2D eigenvalue weighted by atomic mass is 16.5. The van der Waals surface area contributed by atoms with Crippen molar-refractivity contribution < 1.29 is 14.3 Å². The Morgan fingerprint density at radius 2 is 2.15 bits per heavy atom. The summed E-state index contributed by atoms with van der Waals surface area (Å²) < 4.78 is 4.80. The van der Waals surface area contributed by atoms with Gasteiger partial charge in [0.25, 0.3) is 0 Å². The zero-order chi connectivity index (χ0) is 18.8. The van der Waals surface area contributed by atoms with Crippen LogP contribution in [0.1, 0.15) is 29.8 Å². The predicted octanol–water partition coefficient (Wildman–Crippen LogP) is 1.47. The summed E-state index contributed by atoms with van der Waals surface area (Å²) in [4.78, 5) is 33.8. The molecule has 1 amide bonds. The van der Waals surface area contributed by atoms with E-state index in [0.717, 1.165) is 22.4 Å². The number of nitrogens with one attached hydrogen (secondary N) is 2. The molecule has 1 aliphatic heterocycles. The third-order valence-electron chi connectivity index (χ3n) is 5.20. The number of imidazole rings is 1. The molecular formula is C19H26N4O3. The second-order valence-electron chi connectivity index (χ2n) is 7.07. The van der Waals surface area contributed by atoms with Crippen LogP contribution in [0.5, 0.6) is 0 Å². The van der Waals surface area contributed by atoms with Gasteiger partial charge in [-0.1, -0.05) is 6.07 Å². The number of aromatic amines is 1. The lowest BCUT2D eigenvalue weighted by atomic mass is 10.1. The largest absolute Gasteiger partial charge is 0.468 e. The number of fused-ring (bicyclic) bond motifs is 1. The van der Waals surface area contributed by atoms with Gasteiger partial charge in [0.2, 0.25) is 5.91 Å². The second-order valence-corrected chi connectivity index (χ2v) is 7.07. The molecule has 1 aromatic carbocycles. The van der Waals surface area contributed by atoms with E-state index < -0.39 is 0 Å². The summed E-state index contributed by atoms with van der Waals surface area (Å²) in [6.07, 6.45) is 1.50. The molecule has 7 heteroatoms. The maximum absolute atomic E-state index is 12.3. The monoisotopic (exact) mass is 358 g/mol. The highest BCUT2D eigenvalue weighted by molar-refractivity contribution is 5.80. The van der Waals surface area contributed by atoms with Crippen LogP contribution in [0.25, 0.3) is 11.0 Å². The molecule has 0 spiro atoms. The lowest BCUT2D eigenvalue weighted by molar-refractivity contribution is -0.145. The Labute approximate surface area is 153 Å². The van der Waals surface area contributed by atoms with Gasteiger partial charge in [-0.2, -0.15) is 0 Å². The standard InChI is InChI=1S/C19H26N4O3/c1-11-5-6-14-18(12(11)2)22-16(21-14)7-8-17(24)20-13-9-15(19(25)26-4)23(3)10-13/h5-6,13,15H,7-10H2,1-4H3,(H,20,24)(H,21,22). The number of esters is 1.